The van der Waals surface area contributed by atoms with Crippen molar-refractivity contribution in [1.29, 1.82) is 0 Å². The third-order valence-corrected chi connectivity index (χ3v) is 3.15. The summed E-state index contributed by atoms with van der Waals surface area (Å²) < 4.78 is 0. The number of nitrogens with zero attached hydrogens (tertiary/aromatic N) is 1. The van der Waals surface area contributed by atoms with Crippen LogP contribution in [0, 0.1) is 0 Å². The van der Waals surface area contributed by atoms with Gasteiger partial charge in [-0.05, 0) is 29.8 Å². The summed E-state index contributed by atoms with van der Waals surface area (Å²) in [6.07, 6.45) is 3.87. The third kappa shape index (κ3) is 3.36. The number of carbonyl (C=O) groups is 1. The molecule has 4 heteroatoms. The van der Waals surface area contributed by atoms with E-state index in [1.54, 1.807) is 12.4 Å². The van der Waals surface area contributed by atoms with Crippen molar-refractivity contribution in [2.75, 3.05) is 5.32 Å². The average Bonchev–Trinajstić information content (AvgIpc) is 3.03. The molecular formula is C17H15N3O. The number of aromatic nitrogens is 2. The van der Waals surface area contributed by atoms with Crippen LogP contribution in [-0.4, -0.2) is 15.9 Å². The van der Waals surface area contributed by atoms with E-state index in [9.17, 15) is 4.79 Å². The molecule has 3 aromatic rings. The fourth-order valence-corrected chi connectivity index (χ4v) is 2.12. The van der Waals surface area contributed by atoms with Crippen LogP contribution >= 0.6 is 0 Å². The Morgan fingerprint density at radius 2 is 1.81 bits per heavy atom. The monoisotopic (exact) mass is 277 g/mol. The summed E-state index contributed by atoms with van der Waals surface area (Å²) in [5.41, 5.74) is 2.77. The van der Waals surface area contributed by atoms with Gasteiger partial charge < -0.3 is 10.3 Å². The number of anilines is 1. The Hall–Kier alpha value is -2.88. The zero-order valence-corrected chi connectivity index (χ0v) is 11.4. The second kappa shape index (κ2) is 6.05. The number of carbonyl (C=O) groups excluding carboxylic acids is 1. The highest BCUT2D eigenvalue weighted by atomic mass is 16.1. The first-order valence-corrected chi connectivity index (χ1v) is 6.75. The van der Waals surface area contributed by atoms with Crippen molar-refractivity contribution in [2.24, 2.45) is 0 Å². The molecule has 0 aliphatic carbocycles. The SMILES string of the molecule is O=C(Cc1ccccc1)Nc1ccc(-c2ncc[nH]2)cc1. The van der Waals surface area contributed by atoms with Crippen molar-refractivity contribution < 1.29 is 4.79 Å². The second-order valence-corrected chi connectivity index (χ2v) is 4.73. The van der Waals surface area contributed by atoms with Crippen molar-refractivity contribution in [3.8, 4) is 11.4 Å². The van der Waals surface area contributed by atoms with E-state index in [2.05, 4.69) is 15.3 Å². The summed E-state index contributed by atoms with van der Waals surface area (Å²) in [5, 5.41) is 2.89. The minimum atomic E-state index is -0.0213. The first kappa shape index (κ1) is 13.1. The van der Waals surface area contributed by atoms with Crippen LogP contribution < -0.4 is 5.32 Å². The molecule has 0 unspecified atom stereocenters. The predicted molar refractivity (Wildman–Crippen MR) is 82.8 cm³/mol. The fraction of sp³-hybridized carbons (Fsp3) is 0.0588. The second-order valence-electron chi connectivity index (χ2n) is 4.73. The normalized spacial score (nSPS) is 10.3. The molecule has 4 nitrogen and oxygen atoms in total. The van der Waals surface area contributed by atoms with E-state index in [0.29, 0.717) is 6.42 Å². The number of nitrogens with one attached hydrogen (secondary N) is 2. The smallest absolute Gasteiger partial charge is 0.228 e. The Morgan fingerprint density at radius 1 is 1.05 bits per heavy atom. The molecule has 0 fully saturated rings. The Labute approximate surface area is 122 Å². The van der Waals surface area contributed by atoms with Crippen LogP contribution in [0.3, 0.4) is 0 Å². The van der Waals surface area contributed by atoms with Crippen molar-refractivity contribution >= 4 is 11.6 Å². The van der Waals surface area contributed by atoms with Crippen LogP contribution in [0.25, 0.3) is 11.4 Å². The quantitative estimate of drug-likeness (QED) is 0.769. The topological polar surface area (TPSA) is 57.8 Å². The summed E-state index contributed by atoms with van der Waals surface area (Å²) in [5.74, 6) is 0.795. The lowest BCUT2D eigenvalue weighted by Gasteiger charge is -2.06. The lowest BCUT2D eigenvalue weighted by molar-refractivity contribution is -0.115. The maximum atomic E-state index is 12.0. The van der Waals surface area contributed by atoms with Gasteiger partial charge in [-0.25, -0.2) is 4.98 Å². The van der Waals surface area contributed by atoms with Gasteiger partial charge in [0.2, 0.25) is 5.91 Å². The molecule has 104 valence electrons. The summed E-state index contributed by atoms with van der Waals surface area (Å²) in [4.78, 5) is 19.2. The van der Waals surface area contributed by atoms with Crippen LogP contribution in [0.15, 0.2) is 67.0 Å². The predicted octanol–water partition coefficient (Wildman–Crippen LogP) is 3.26. The molecule has 3 rings (SSSR count). The number of benzene rings is 2. The van der Waals surface area contributed by atoms with E-state index in [-0.39, 0.29) is 5.91 Å². The lowest BCUT2D eigenvalue weighted by atomic mass is 10.1. The first-order chi connectivity index (χ1) is 10.3. The number of hydrogen-bond donors (Lipinski definition) is 2. The zero-order valence-electron chi connectivity index (χ0n) is 11.4. The minimum Gasteiger partial charge on any atom is -0.345 e. The van der Waals surface area contributed by atoms with Gasteiger partial charge in [-0.1, -0.05) is 30.3 Å². The highest BCUT2D eigenvalue weighted by Gasteiger charge is 2.04. The van der Waals surface area contributed by atoms with Crippen LogP contribution in [0.1, 0.15) is 5.56 Å². The average molecular weight is 277 g/mol. The van der Waals surface area contributed by atoms with E-state index in [4.69, 9.17) is 0 Å². The van der Waals surface area contributed by atoms with Gasteiger partial charge >= 0.3 is 0 Å². The molecule has 1 heterocycles. The summed E-state index contributed by atoms with van der Waals surface area (Å²) in [6, 6.07) is 17.3. The molecule has 21 heavy (non-hydrogen) atoms. The van der Waals surface area contributed by atoms with E-state index in [0.717, 1.165) is 22.6 Å². The molecule has 0 aliphatic rings. The largest absolute Gasteiger partial charge is 0.345 e. The molecule has 0 radical (unpaired) electrons. The number of amides is 1. The first-order valence-electron chi connectivity index (χ1n) is 6.75. The molecule has 0 spiro atoms. The summed E-state index contributed by atoms with van der Waals surface area (Å²) in [7, 11) is 0. The van der Waals surface area contributed by atoms with Crippen LogP contribution in [0.4, 0.5) is 5.69 Å². The van der Waals surface area contributed by atoms with Gasteiger partial charge in [-0.3, -0.25) is 4.79 Å². The Bertz CT molecular complexity index is 704. The number of H-pyrrole nitrogens is 1. The summed E-state index contributed by atoms with van der Waals surface area (Å²) >= 11 is 0. The molecule has 2 aromatic carbocycles. The Kier molecular flexibility index (Phi) is 3.78. The molecule has 2 N–H and O–H groups in total. The third-order valence-electron chi connectivity index (χ3n) is 3.15. The lowest BCUT2D eigenvalue weighted by Crippen LogP contribution is -2.14. The highest BCUT2D eigenvalue weighted by molar-refractivity contribution is 5.92. The van der Waals surface area contributed by atoms with Gasteiger partial charge in [0.1, 0.15) is 5.82 Å². The molecule has 1 amide bonds. The standard InChI is InChI=1S/C17H15N3O/c21-16(12-13-4-2-1-3-5-13)20-15-8-6-14(7-9-15)17-18-10-11-19-17/h1-11H,12H2,(H,18,19)(H,20,21). The van der Waals surface area contributed by atoms with E-state index in [1.165, 1.54) is 0 Å². The molecule has 0 saturated heterocycles. The van der Waals surface area contributed by atoms with Gasteiger partial charge in [0.15, 0.2) is 0 Å². The van der Waals surface area contributed by atoms with Crippen molar-refractivity contribution in [3.05, 3.63) is 72.6 Å². The minimum absolute atomic E-state index is 0.0213. The highest BCUT2D eigenvalue weighted by Crippen LogP contribution is 2.17. The van der Waals surface area contributed by atoms with Gasteiger partial charge in [0.05, 0.1) is 6.42 Å². The van der Waals surface area contributed by atoms with Crippen molar-refractivity contribution in [3.63, 3.8) is 0 Å². The molecule has 1 aromatic heterocycles. The summed E-state index contributed by atoms with van der Waals surface area (Å²) in [6.45, 7) is 0. The fourth-order valence-electron chi connectivity index (χ4n) is 2.12. The Morgan fingerprint density at radius 3 is 2.48 bits per heavy atom. The maximum Gasteiger partial charge on any atom is 0.228 e. The van der Waals surface area contributed by atoms with Crippen LogP contribution in [0.5, 0.6) is 0 Å². The van der Waals surface area contributed by atoms with Gasteiger partial charge in [0, 0.05) is 23.6 Å². The molecule has 0 atom stereocenters. The van der Waals surface area contributed by atoms with E-state index in [1.807, 2.05) is 54.6 Å². The molecule has 0 bridgehead atoms. The molecule has 0 saturated carbocycles. The van der Waals surface area contributed by atoms with Crippen molar-refractivity contribution in [2.45, 2.75) is 6.42 Å². The number of hydrogen-bond acceptors (Lipinski definition) is 2. The van der Waals surface area contributed by atoms with E-state index >= 15 is 0 Å². The zero-order chi connectivity index (χ0) is 14.5. The Balaban J connectivity index is 1.64. The van der Waals surface area contributed by atoms with E-state index < -0.39 is 0 Å². The molecular weight excluding hydrogens is 262 g/mol. The maximum absolute atomic E-state index is 12.0. The van der Waals surface area contributed by atoms with Gasteiger partial charge in [-0.2, -0.15) is 0 Å². The van der Waals surface area contributed by atoms with Crippen LogP contribution in [-0.2, 0) is 11.2 Å². The number of imidazole rings is 1. The van der Waals surface area contributed by atoms with Gasteiger partial charge in [-0.15, -0.1) is 0 Å². The molecule has 0 aliphatic heterocycles. The van der Waals surface area contributed by atoms with Crippen LogP contribution in [0.2, 0.25) is 0 Å². The van der Waals surface area contributed by atoms with Gasteiger partial charge in [0.25, 0.3) is 0 Å². The number of rotatable bonds is 4. The number of aromatic amines is 1. The van der Waals surface area contributed by atoms with Crippen molar-refractivity contribution in [1.82, 2.24) is 9.97 Å².